The molecule has 0 saturated heterocycles. The SMILES string of the molecule is CCN1C(CS(=O)(=O)c2ccccc2)=C(C(=O)O)C(c2ccccc2)=C(C#N)C1C. The molecule has 1 unspecified atom stereocenters. The van der Waals surface area contributed by atoms with Crippen LogP contribution in [0.25, 0.3) is 5.57 Å². The minimum atomic E-state index is -3.79. The highest BCUT2D eigenvalue weighted by molar-refractivity contribution is 7.91. The molecule has 0 spiro atoms. The molecule has 2 aromatic rings. The third-order valence-electron chi connectivity index (χ3n) is 5.21. The van der Waals surface area contributed by atoms with Crippen LogP contribution in [0.4, 0.5) is 0 Å². The molecule has 1 N–H and O–H groups in total. The second-order valence-electron chi connectivity index (χ2n) is 6.93. The molecule has 1 aliphatic rings. The maximum absolute atomic E-state index is 13.1. The number of carboxylic acid groups (broad SMARTS) is 1. The summed E-state index contributed by atoms with van der Waals surface area (Å²) in [4.78, 5) is 14.2. The van der Waals surface area contributed by atoms with Crippen LogP contribution in [0.3, 0.4) is 0 Å². The van der Waals surface area contributed by atoms with Gasteiger partial charge in [0.15, 0.2) is 9.84 Å². The molecular weight excluding hydrogens is 400 g/mol. The van der Waals surface area contributed by atoms with Crippen molar-refractivity contribution in [1.82, 2.24) is 4.90 Å². The number of benzene rings is 2. The maximum atomic E-state index is 13.1. The monoisotopic (exact) mass is 422 g/mol. The molecule has 30 heavy (non-hydrogen) atoms. The van der Waals surface area contributed by atoms with Gasteiger partial charge in [-0.05, 0) is 31.5 Å². The third kappa shape index (κ3) is 3.87. The summed E-state index contributed by atoms with van der Waals surface area (Å²) in [6, 6.07) is 18.4. The van der Waals surface area contributed by atoms with Crippen molar-refractivity contribution >= 4 is 21.4 Å². The van der Waals surface area contributed by atoms with Gasteiger partial charge in [0, 0.05) is 17.8 Å². The Morgan fingerprint density at radius 1 is 1.10 bits per heavy atom. The van der Waals surface area contributed by atoms with Crippen molar-refractivity contribution in [1.29, 1.82) is 5.26 Å². The normalized spacial score (nSPS) is 17.1. The Hall–Kier alpha value is -3.37. The molecule has 1 atom stereocenters. The van der Waals surface area contributed by atoms with Crippen LogP contribution in [0.15, 0.2) is 82.4 Å². The molecule has 2 aromatic carbocycles. The van der Waals surface area contributed by atoms with Gasteiger partial charge in [0.2, 0.25) is 0 Å². The first-order valence-corrected chi connectivity index (χ1v) is 11.2. The highest BCUT2D eigenvalue weighted by Crippen LogP contribution is 2.39. The van der Waals surface area contributed by atoms with E-state index < -0.39 is 27.6 Å². The van der Waals surface area contributed by atoms with Crippen molar-refractivity contribution in [2.75, 3.05) is 12.3 Å². The van der Waals surface area contributed by atoms with Gasteiger partial charge in [-0.3, -0.25) is 0 Å². The van der Waals surface area contributed by atoms with Crippen molar-refractivity contribution in [3.63, 3.8) is 0 Å². The number of hydrogen-bond acceptors (Lipinski definition) is 5. The topological polar surface area (TPSA) is 98.5 Å². The fraction of sp³-hybridized carbons (Fsp3) is 0.217. The lowest BCUT2D eigenvalue weighted by molar-refractivity contribution is -0.132. The molecule has 3 rings (SSSR count). The Balaban J connectivity index is 2.29. The van der Waals surface area contributed by atoms with Crippen molar-refractivity contribution < 1.29 is 18.3 Å². The molecular formula is C23H22N2O4S. The Bertz CT molecular complexity index is 1160. The predicted molar refractivity (Wildman–Crippen MR) is 114 cm³/mol. The van der Waals surface area contributed by atoms with Gasteiger partial charge in [-0.15, -0.1) is 0 Å². The molecule has 0 aliphatic carbocycles. The highest BCUT2D eigenvalue weighted by Gasteiger charge is 2.37. The Labute approximate surface area is 176 Å². The van der Waals surface area contributed by atoms with Crippen LogP contribution in [-0.2, 0) is 14.6 Å². The molecule has 0 aromatic heterocycles. The summed E-state index contributed by atoms with van der Waals surface area (Å²) >= 11 is 0. The number of hydrogen-bond donors (Lipinski definition) is 1. The van der Waals surface area contributed by atoms with Crippen LogP contribution < -0.4 is 0 Å². The largest absolute Gasteiger partial charge is 0.478 e. The summed E-state index contributed by atoms with van der Waals surface area (Å²) in [5, 5.41) is 19.9. The molecule has 6 nitrogen and oxygen atoms in total. The first-order valence-electron chi connectivity index (χ1n) is 9.52. The molecule has 0 saturated carbocycles. The van der Waals surface area contributed by atoms with Crippen molar-refractivity contribution in [3.8, 4) is 6.07 Å². The number of carbonyl (C=O) groups is 1. The fourth-order valence-corrected chi connectivity index (χ4v) is 5.22. The summed E-state index contributed by atoms with van der Waals surface area (Å²) < 4.78 is 26.2. The minimum absolute atomic E-state index is 0.127. The predicted octanol–water partition coefficient (Wildman–Crippen LogP) is 3.50. The van der Waals surface area contributed by atoms with Gasteiger partial charge in [-0.25, -0.2) is 13.2 Å². The highest BCUT2D eigenvalue weighted by atomic mass is 32.2. The third-order valence-corrected chi connectivity index (χ3v) is 6.85. The number of nitriles is 1. The van der Waals surface area contributed by atoms with Crippen molar-refractivity contribution in [2.45, 2.75) is 24.8 Å². The van der Waals surface area contributed by atoms with Gasteiger partial charge < -0.3 is 10.0 Å². The molecule has 7 heteroatoms. The molecule has 0 radical (unpaired) electrons. The van der Waals surface area contributed by atoms with Crippen LogP contribution in [0, 0.1) is 11.3 Å². The summed E-state index contributed by atoms with van der Waals surface area (Å²) in [6.07, 6.45) is 0. The average molecular weight is 423 g/mol. The Kier molecular flexibility index (Phi) is 6.09. The fourth-order valence-electron chi connectivity index (χ4n) is 3.82. The van der Waals surface area contributed by atoms with Gasteiger partial charge in [0.1, 0.15) is 0 Å². The Morgan fingerprint density at radius 3 is 2.17 bits per heavy atom. The maximum Gasteiger partial charge on any atom is 0.338 e. The number of sulfone groups is 1. The van der Waals surface area contributed by atoms with E-state index in [1.807, 2.05) is 6.92 Å². The second kappa shape index (κ2) is 8.56. The van der Waals surface area contributed by atoms with Crippen LogP contribution >= 0.6 is 0 Å². The van der Waals surface area contributed by atoms with E-state index in [9.17, 15) is 23.6 Å². The van der Waals surface area contributed by atoms with Gasteiger partial charge in [-0.2, -0.15) is 5.26 Å². The molecule has 154 valence electrons. The van der Waals surface area contributed by atoms with Gasteiger partial charge in [-0.1, -0.05) is 48.5 Å². The van der Waals surface area contributed by atoms with E-state index in [2.05, 4.69) is 6.07 Å². The smallest absolute Gasteiger partial charge is 0.338 e. The lowest BCUT2D eigenvalue weighted by Crippen LogP contribution is -2.41. The first-order chi connectivity index (χ1) is 14.3. The van der Waals surface area contributed by atoms with E-state index >= 15 is 0 Å². The van der Waals surface area contributed by atoms with Crippen LogP contribution in [0.1, 0.15) is 19.4 Å². The summed E-state index contributed by atoms with van der Waals surface area (Å²) in [5.74, 6) is -1.73. The average Bonchev–Trinajstić information content (AvgIpc) is 2.74. The standard InChI is InChI=1S/C23H22N2O4S/c1-3-25-16(2)19(14-24)21(17-10-6-4-7-11-17)22(23(26)27)20(25)15-30(28,29)18-12-8-5-9-13-18/h4-13,16H,3,15H2,1-2H3,(H,26,27). The van der Waals surface area contributed by atoms with Crippen LogP contribution in [0.5, 0.6) is 0 Å². The number of likely N-dealkylation sites (N-methyl/N-ethyl adjacent to an activating group) is 1. The first kappa shape index (κ1) is 21.3. The van der Waals surface area contributed by atoms with Crippen LogP contribution in [-0.4, -0.2) is 42.7 Å². The summed E-state index contributed by atoms with van der Waals surface area (Å²) in [5.41, 5.74) is 1.21. The number of nitrogens with zero attached hydrogens (tertiary/aromatic N) is 2. The zero-order chi connectivity index (χ0) is 21.9. The van der Waals surface area contributed by atoms with E-state index in [0.29, 0.717) is 17.7 Å². The van der Waals surface area contributed by atoms with E-state index in [-0.39, 0.29) is 21.7 Å². The quantitative estimate of drug-likeness (QED) is 0.765. The zero-order valence-electron chi connectivity index (χ0n) is 16.7. The zero-order valence-corrected chi connectivity index (χ0v) is 17.6. The lowest BCUT2D eigenvalue weighted by atomic mass is 9.85. The van der Waals surface area contributed by atoms with Crippen molar-refractivity contribution in [3.05, 3.63) is 83.1 Å². The van der Waals surface area contributed by atoms with E-state index in [1.54, 1.807) is 60.4 Å². The lowest BCUT2D eigenvalue weighted by Gasteiger charge is -2.38. The molecule has 0 bridgehead atoms. The van der Waals surface area contributed by atoms with E-state index in [4.69, 9.17) is 0 Å². The molecule has 1 heterocycles. The molecule has 1 aliphatic heterocycles. The van der Waals surface area contributed by atoms with Crippen molar-refractivity contribution in [2.24, 2.45) is 0 Å². The summed E-state index contributed by atoms with van der Waals surface area (Å²) in [7, 11) is -3.79. The van der Waals surface area contributed by atoms with E-state index in [0.717, 1.165) is 0 Å². The Morgan fingerprint density at radius 2 is 1.67 bits per heavy atom. The number of rotatable bonds is 6. The number of aliphatic carboxylic acids is 1. The van der Waals surface area contributed by atoms with E-state index in [1.165, 1.54) is 12.1 Å². The van der Waals surface area contributed by atoms with Gasteiger partial charge in [0.25, 0.3) is 0 Å². The van der Waals surface area contributed by atoms with Gasteiger partial charge >= 0.3 is 5.97 Å². The molecule has 0 amide bonds. The van der Waals surface area contributed by atoms with Gasteiger partial charge in [0.05, 0.1) is 33.9 Å². The summed E-state index contributed by atoms with van der Waals surface area (Å²) in [6.45, 7) is 3.97. The minimum Gasteiger partial charge on any atom is -0.478 e. The number of carboxylic acids is 1. The second-order valence-corrected chi connectivity index (χ2v) is 8.92. The molecule has 0 fully saturated rings. The van der Waals surface area contributed by atoms with Crippen LogP contribution in [0.2, 0.25) is 0 Å².